The topological polar surface area (TPSA) is 420 Å². The number of aliphatic hydroxyl groups excluding tert-OH is 1. The van der Waals surface area contributed by atoms with Crippen molar-refractivity contribution in [2.75, 3.05) is 6.61 Å². The standard InChI is InChI=1S/C45H75N11O15/c1-11-24(10)33(46)42(67)54-35(22(6)7)44(69)55-34(21(4)5)43(68)49-26(12-13-31(58)59)37(62)51-28(15-25-17-47-19-48-25)39(64)52-29(16-32(60)61)40(65)50-27(14-20(2)3)38(63)53-30(18-57)41(66)56-36(23(8)9)45(70)71/h17,19-24,26-30,33-36,57H,11-16,18,46H2,1-10H3,(H,47,48)(H,49,68)(H,50,65)(H,51,62)(H,52,64)(H,53,63)(H,54,67)(H,55,69)(H,56,66)(H,58,59)(H,60,61)(H,70,71)/t24-,26-,27-,28-,29-,30-,33-,34-,35-,36-/m0/s1. The van der Waals surface area contributed by atoms with Crippen molar-refractivity contribution in [2.45, 2.75) is 162 Å². The second-order valence-corrected chi connectivity index (χ2v) is 18.9. The molecule has 0 fully saturated rings. The van der Waals surface area contributed by atoms with E-state index in [1.807, 2.05) is 6.92 Å². The molecule has 26 nitrogen and oxygen atoms in total. The highest BCUT2D eigenvalue weighted by atomic mass is 16.4. The first-order valence-corrected chi connectivity index (χ1v) is 23.5. The van der Waals surface area contributed by atoms with Gasteiger partial charge >= 0.3 is 17.9 Å². The molecule has 26 heteroatoms. The van der Waals surface area contributed by atoms with E-state index in [2.05, 4.69) is 52.5 Å². The van der Waals surface area contributed by atoms with Crippen molar-refractivity contribution in [3.63, 3.8) is 0 Å². The zero-order valence-corrected chi connectivity index (χ0v) is 42.0. The van der Waals surface area contributed by atoms with Crippen molar-refractivity contribution < 1.29 is 73.2 Å². The fourth-order valence-electron chi connectivity index (χ4n) is 6.84. The van der Waals surface area contributed by atoms with Crippen LogP contribution in [0, 0.1) is 29.6 Å². The molecule has 400 valence electrons. The number of carboxylic acids is 3. The minimum Gasteiger partial charge on any atom is -0.481 e. The number of carbonyl (C=O) groups is 11. The number of hydrogen-bond donors (Lipinski definition) is 14. The van der Waals surface area contributed by atoms with E-state index < -0.39 is 163 Å². The van der Waals surface area contributed by atoms with Crippen LogP contribution >= 0.6 is 0 Å². The second kappa shape index (κ2) is 30.1. The summed E-state index contributed by atoms with van der Waals surface area (Å²) >= 11 is 0. The van der Waals surface area contributed by atoms with Gasteiger partial charge < -0.3 is 73.7 Å². The summed E-state index contributed by atoms with van der Waals surface area (Å²) in [5, 5.41) is 58.0. The average Bonchev–Trinajstić information content (AvgIpc) is 3.80. The average molecular weight is 1010 g/mol. The zero-order valence-electron chi connectivity index (χ0n) is 42.0. The first-order chi connectivity index (χ1) is 33.0. The molecule has 0 spiro atoms. The number of rotatable bonds is 32. The summed E-state index contributed by atoms with van der Waals surface area (Å²) in [7, 11) is 0. The monoisotopic (exact) mass is 1010 g/mol. The number of aromatic nitrogens is 2. The number of hydrogen-bond acceptors (Lipinski definition) is 14. The molecule has 1 heterocycles. The Hall–Kier alpha value is -6.70. The molecular weight excluding hydrogens is 935 g/mol. The Balaban J connectivity index is 3.50. The largest absolute Gasteiger partial charge is 0.481 e. The number of nitrogens with zero attached hydrogens (tertiary/aromatic N) is 1. The highest BCUT2D eigenvalue weighted by Crippen LogP contribution is 2.13. The molecule has 1 aromatic rings. The van der Waals surface area contributed by atoms with Crippen LogP contribution in [-0.2, 0) is 59.2 Å². The molecule has 0 radical (unpaired) electrons. The van der Waals surface area contributed by atoms with Crippen LogP contribution in [0.3, 0.4) is 0 Å². The van der Waals surface area contributed by atoms with Crippen LogP contribution in [0.15, 0.2) is 12.5 Å². The number of nitrogens with one attached hydrogen (secondary N) is 9. The minimum atomic E-state index is -1.92. The van der Waals surface area contributed by atoms with Gasteiger partial charge in [0.05, 0.1) is 25.4 Å². The van der Waals surface area contributed by atoms with Gasteiger partial charge in [-0.2, -0.15) is 0 Å². The van der Waals surface area contributed by atoms with Gasteiger partial charge in [0.15, 0.2) is 0 Å². The lowest BCUT2D eigenvalue weighted by atomic mass is 9.96. The van der Waals surface area contributed by atoms with Crippen molar-refractivity contribution >= 4 is 65.2 Å². The van der Waals surface area contributed by atoms with E-state index >= 15 is 0 Å². The molecule has 0 aliphatic rings. The van der Waals surface area contributed by atoms with Crippen LogP contribution in [-0.4, -0.2) is 157 Å². The van der Waals surface area contributed by atoms with Crippen molar-refractivity contribution in [3.05, 3.63) is 18.2 Å². The molecule has 8 amide bonds. The van der Waals surface area contributed by atoms with Crippen molar-refractivity contribution in [3.8, 4) is 0 Å². The molecule has 1 aromatic heterocycles. The first-order valence-electron chi connectivity index (χ1n) is 23.5. The van der Waals surface area contributed by atoms with Crippen LogP contribution in [0.2, 0.25) is 0 Å². The third-order valence-electron chi connectivity index (χ3n) is 11.3. The van der Waals surface area contributed by atoms with Crippen LogP contribution in [0.25, 0.3) is 0 Å². The minimum absolute atomic E-state index is 0.111. The number of H-pyrrole nitrogens is 1. The van der Waals surface area contributed by atoms with E-state index in [0.29, 0.717) is 6.42 Å². The van der Waals surface area contributed by atoms with Gasteiger partial charge in [0.1, 0.15) is 48.3 Å². The van der Waals surface area contributed by atoms with E-state index in [-0.39, 0.29) is 30.4 Å². The van der Waals surface area contributed by atoms with Crippen LogP contribution in [0.4, 0.5) is 0 Å². The Morgan fingerprint density at radius 1 is 0.563 bits per heavy atom. The third-order valence-corrected chi connectivity index (χ3v) is 11.3. The highest BCUT2D eigenvalue weighted by Gasteiger charge is 2.37. The van der Waals surface area contributed by atoms with Crippen molar-refractivity contribution in [1.29, 1.82) is 0 Å². The normalized spacial score (nSPS) is 15.6. The molecule has 0 unspecified atom stereocenters. The molecular formula is C45H75N11O15. The Morgan fingerprint density at radius 2 is 1.00 bits per heavy atom. The van der Waals surface area contributed by atoms with Gasteiger partial charge in [-0.3, -0.25) is 47.9 Å². The fourth-order valence-corrected chi connectivity index (χ4v) is 6.84. The first kappa shape index (κ1) is 62.3. The molecule has 15 N–H and O–H groups in total. The molecule has 0 saturated heterocycles. The van der Waals surface area contributed by atoms with Gasteiger partial charge in [-0.15, -0.1) is 0 Å². The summed E-state index contributed by atoms with van der Waals surface area (Å²) in [5.41, 5.74) is 6.33. The van der Waals surface area contributed by atoms with Gasteiger partial charge in [-0.05, 0) is 42.4 Å². The Bertz CT molecular complexity index is 2000. The summed E-state index contributed by atoms with van der Waals surface area (Å²) in [5.74, 6) is -14.3. The van der Waals surface area contributed by atoms with E-state index in [9.17, 15) is 73.2 Å². The zero-order chi connectivity index (χ0) is 54.4. The van der Waals surface area contributed by atoms with Crippen molar-refractivity contribution in [1.82, 2.24) is 52.5 Å². The predicted molar refractivity (Wildman–Crippen MR) is 253 cm³/mol. The van der Waals surface area contributed by atoms with Gasteiger partial charge in [0.2, 0.25) is 47.3 Å². The molecule has 0 saturated carbocycles. The van der Waals surface area contributed by atoms with Crippen LogP contribution in [0.5, 0.6) is 0 Å². The van der Waals surface area contributed by atoms with E-state index in [1.165, 1.54) is 26.4 Å². The predicted octanol–water partition coefficient (Wildman–Crippen LogP) is -2.37. The number of amides is 8. The fraction of sp³-hybridized carbons (Fsp3) is 0.689. The number of carboxylic acid groups (broad SMARTS) is 3. The number of carbonyl (C=O) groups excluding carboxylic acids is 8. The van der Waals surface area contributed by atoms with E-state index in [4.69, 9.17) is 5.73 Å². The van der Waals surface area contributed by atoms with Crippen LogP contribution in [0.1, 0.15) is 107 Å². The lowest BCUT2D eigenvalue weighted by Gasteiger charge is -2.30. The number of imidazole rings is 1. The second-order valence-electron chi connectivity index (χ2n) is 18.9. The van der Waals surface area contributed by atoms with Gasteiger partial charge in [-0.1, -0.05) is 75.7 Å². The lowest BCUT2D eigenvalue weighted by molar-refractivity contribution is -0.144. The SMILES string of the molecule is CC[C@H](C)[C@H](N)C(=O)N[C@H](C(=O)N[C@H](C(=O)N[C@@H](CCC(=O)O)C(=O)N[C@@H](Cc1cnc[nH]1)C(=O)N[C@@H](CC(=O)O)C(=O)N[C@@H](CC(C)C)C(=O)N[C@@H](CO)C(=O)N[C@H](C(=O)O)C(C)C)C(C)C)C(C)C. The highest BCUT2D eigenvalue weighted by molar-refractivity contribution is 5.99. The molecule has 71 heavy (non-hydrogen) atoms. The maximum atomic E-state index is 14.1. The van der Waals surface area contributed by atoms with Crippen molar-refractivity contribution in [2.24, 2.45) is 35.3 Å². The Labute approximate surface area is 412 Å². The van der Waals surface area contributed by atoms with E-state index in [1.54, 1.807) is 48.5 Å². The van der Waals surface area contributed by atoms with Gasteiger partial charge in [0, 0.05) is 24.7 Å². The smallest absolute Gasteiger partial charge is 0.326 e. The summed E-state index contributed by atoms with van der Waals surface area (Å²) in [6.07, 6.45) is 0.392. The summed E-state index contributed by atoms with van der Waals surface area (Å²) in [6, 6.07) is -13.2. The molecule has 0 aliphatic heterocycles. The Morgan fingerprint density at radius 3 is 1.46 bits per heavy atom. The number of aliphatic carboxylic acids is 3. The number of aromatic amines is 1. The lowest BCUT2D eigenvalue weighted by Crippen LogP contribution is -2.62. The molecule has 1 rings (SSSR count). The maximum absolute atomic E-state index is 14.1. The van der Waals surface area contributed by atoms with Gasteiger partial charge in [0.25, 0.3) is 0 Å². The Kier molecular flexibility index (Phi) is 26.4. The molecule has 0 aromatic carbocycles. The van der Waals surface area contributed by atoms with Crippen LogP contribution < -0.4 is 48.3 Å². The third kappa shape index (κ3) is 21.5. The molecule has 0 bridgehead atoms. The maximum Gasteiger partial charge on any atom is 0.326 e. The summed E-state index contributed by atoms with van der Waals surface area (Å²) in [4.78, 5) is 151. The summed E-state index contributed by atoms with van der Waals surface area (Å²) in [6.45, 7) is 15.5. The number of nitrogens with two attached hydrogens (primary N) is 1. The number of aliphatic hydroxyl groups is 1. The van der Waals surface area contributed by atoms with E-state index in [0.717, 1.165) is 0 Å². The molecule has 10 atom stereocenters. The molecule has 0 aliphatic carbocycles. The quantitative estimate of drug-likeness (QED) is 0.0359. The van der Waals surface area contributed by atoms with Gasteiger partial charge in [-0.25, -0.2) is 9.78 Å². The summed E-state index contributed by atoms with van der Waals surface area (Å²) < 4.78 is 0.